The molecule has 2 nitrogen and oxygen atoms in total. The molecule has 0 radical (unpaired) electrons. The van der Waals surface area contributed by atoms with Crippen molar-refractivity contribution in [2.24, 2.45) is 17.8 Å². The van der Waals surface area contributed by atoms with Crippen LogP contribution in [0.25, 0.3) is 0 Å². The number of nitrogens with one attached hydrogen (secondary N) is 1. The SMILES string of the molecule is O=C(N[C@@H](Cc1ccccc1)C(F)(F)F)C1[C@H]2CCC[C@@H]12. The molecule has 0 aliphatic heterocycles. The lowest BCUT2D eigenvalue weighted by Gasteiger charge is -2.22. The van der Waals surface area contributed by atoms with Gasteiger partial charge in [0.2, 0.25) is 5.91 Å². The molecule has 1 unspecified atom stereocenters. The molecule has 2 fully saturated rings. The van der Waals surface area contributed by atoms with Gasteiger partial charge in [0.15, 0.2) is 0 Å². The molecule has 1 amide bonds. The highest BCUT2D eigenvalue weighted by molar-refractivity contribution is 5.82. The first kappa shape index (κ1) is 14.4. The molecule has 1 aromatic rings. The quantitative estimate of drug-likeness (QED) is 0.907. The monoisotopic (exact) mass is 297 g/mol. The molecule has 21 heavy (non-hydrogen) atoms. The van der Waals surface area contributed by atoms with Gasteiger partial charge in [-0.3, -0.25) is 4.79 Å². The van der Waals surface area contributed by atoms with E-state index in [0.717, 1.165) is 19.3 Å². The fraction of sp³-hybridized carbons (Fsp3) is 0.562. The highest BCUT2D eigenvalue weighted by Crippen LogP contribution is 2.57. The second-order valence-corrected chi connectivity index (χ2v) is 6.08. The van der Waals surface area contributed by atoms with Crippen molar-refractivity contribution in [1.82, 2.24) is 5.32 Å². The van der Waals surface area contributed by atoms with Crippen LogP contribution >= 0.6 is 0 Å². The third kappa shape index (κ3) is 3.06. The van der Waals surface area contributed by atoms with Crippen LogP contribution in [0.4, 0.5) is 13.2 Å². The first-order valence-electron chi connectivity index (χ1n) is 7.38. The molecular weight excluding hydrogens is 279 g/mol. The maximum absolute atomic E-state index is 13.1. The van der Waals surface area contributed by atoms with Crippen molar-refractivity contribution < 1.29 is 18.0 Å². The van der Waals surface area contributed by atoms with Crippen LogP contribution in [-0.4, -0.2) is 18.1 Å². The van der Waals surface area contributed by atoms with Crippen LogP contribution in [0.2, 0.25) is 0 Å². The minimum absolute atomic E-state index is 0.181. The molecule has 114 valence electrons. The molecule has 0 heterocycles. The van der Waals surface area contributed by atoms with E-state index in [-0.39, 0.29) is 12.3 Å². The van der Waals surface area contributed by atoms with Crippen LogP contribution in [0, 0.1) is 17.8 Å². The Morgan fingerprint density at radius 1 is 1.19 bits per heavy atom. The molecule has 0 spiro atoms. The van der Waals surface area contributed by atoms with E-state index in [0.29, 0.717) is 17.4 Å². The number of rotatable bonds is 4. The number of alkyl halides is 3. The number of hydrogen-bond acceptors (Lipinski definition) is 1. The van der Waals surface area contributed by atoms with Crippen molar-refractivity contribution >= 4 is 5.91 Å². The first-order chi connectivity index (χ1) is 9.97. The van der Waals surface area contributed by atoms with Gasteiger partial charge in [0, 0.05) is 12.3 Å². The van der Waals surface area contributed by atoms with Crippen molar-refractivity contribution in [2.75, 3.05) is 0 Å². The zero-order chi connectivity index (χ0) is 15.0. The van der Waals surface area contributed by atoms with Crippen LogP contribution in [0.5, 0.6) is 0 Å². The average molecular weight is 297 g/mol. The minimum atomic E-state index is -4.42. The average Bonchev–Trinajstić information content (AvgIpc) is 2.92. The lowest BCUT2D eigenvalue weighted by Crippen LogP contribution is -2.47. The Hall–Kier alpha value is -1.52. The number of benzene rings is 1. The van der Waals surface area contributed by atoms with E-state index in [2.05, 4.69) is 5.32 Å². The summed E-state index contributed by atoms with van der Waals surface area (Å²) in [7, 11) is 0. The Balaban J connectivity index is 1.64. The molecule has 2 saturated carbocycles. The Bertz CT molecular complexity index is 504. The van der Waals surface area contributed by atoms with Gasteiger partial charge in [-0.25, -0.2) is 0 Å². The largest absolute Gasteiger partial charge is 0.408 e. The minimum Gasteiger partial charge on any atom is -0.344 e. The van der Waals surface area contributed by atoms with Crippen molar-refractivity contribution in [1.29, 1.82) is 0 Å². The predicted octanol–water partition coefficient (Wildman–Crippen LogP) is 3.32. The highest BCUT2D eigenvalue weighted by atomic mass is 19.4. The Kier molecular flexibility index (Phi) is 3.68. The third-order valence-electron chi connectivity index (χ3n) is 4.70. The number of fused-ring (bicyclic) bond motifs is 1. The second-order valence-electron chi connectivity index (χ2n) is 6.08. The number of hydrogen-bond donors (Lipinski definition) is 1. The summed E-state index contributed by atoms with van der Waals surface area (Å²) in [6.07, 6.45) is -1.56. The van der Waals surface area contributed by atoms with E-state index in [1.165, 1.54) is 0 Å². The van der Waals surface area contributed by atoms with Crippen molar-refractivity contribution in [2.45, 2.75) is 37.9 Å². The molecule has 5 heteroatoms. The van der Waals surface area contributed by atoms with Crippen molar-refractivity contribution in [3.8, 4) is 0 Å². The zero-order valence-corrected chi connectivity index (χ0v) is 11.6. The number of carbonyl (C=O) groups excluding carboxylic acids is 1. The molecule has 4 atom stereocenters. The van der Waals surface area contributed by atoms with Crippen LogP contribution in [-0.2, 0) is 11.2 Å². The molecule has 1 N–H and O–H groups in total. The molecule has 0 saturated heterocycles. The van der Waals surface area contributed by atoms with E-state index in [9.17, 15) is 18.0 Å². The van der Waals surface area contributed by atoms with Crippen molar-refractivity contribution in [3.63, 3.8) is 0 Å². The van der Waals surface area contributed by atoms with Gasteiger partial charge < -0.3 is 5.32 Å². The van der Waals surface area contributed by atoms with Gasteiger partial charge in [-0.05, 0) is 30.2 Å². The number of amides is 1. The van der Waals surface area contributed by atoms with Crippen molar-refractivity contribution in [3.05, 3.63) is 35.9 Å². The maximum Gasteiger partial charge on any atom is 0.408 e. The summed E-state index contributed by atoms with van der Waals surface area (Å²) in [4.78, 5) is 12.1. The van der Waals surface area contributed by atoms with Gasteiger partial charge >= 0.3 is 6.18 Å². The Labute approximate surface area is 121 Å². The molecule has 1 aromatic carbocycles. The zero-order valence-electron chi connectivity index (χ0n) is 11.6. The first-order valence-corrected chi connectivity index (χ1v) is 7.38. The molecule has 0 bridgehead atoms. The second kappa shape index (κ2) is 5.35. The Morgan fingerprint density at radius 2 is 1.81 bits per heavy atom. The maximum atomic E-state index is 13.1. The van der Waals surface area contributed by atoms with Gasteiger partial charge in [-0.1, -0.05) is 36.8 Å². The summed E-state index contributed by atoms with van der Waals surface area (Å²) in [5, 5.41) is 2.23. The fourth-order valence-corrected chi connectivity index (χ4v) is 3.58. The van der Waals surface area contributed by atoms with Gasteiger partial charge in [-0.15, -0.1) is 0 Å². The van der Waals surface area contributed by atoms with Crippen LogP contribution in [0.3, 0.4) is 0 Å². The highest BCUT2D eigenvalue weighted by Gasteiger charge is 2.57. The van der Waals surface area contributed by atoms with Crippen LogP contribution < -0.4 is 5.32 Å². The summed E-state index contributed by atoms with van der Waals surface area (Å²) in [6.45, 7) is 0. The molecule has 3 rings (SSSR count). The van der Waals surface area contributed by atoms with Gasteiger partial charge in [0.05, 0.1) is 0 Å². The number of carbonyl (C=O) groups is 1. The summed E-state index contributed by atoms with van der Waals surface area (Å²) in [5.41, 5.74) is 0.580. The molecule has 2 aliphatic rings. The summed E-state index contributed by atoms with van der Waals surface area (Å²) in [6, 6.07) is 6.67. The lowest BCUT2D eigenvalue weighted by molar-refractivity contribution is -0.162. The van der Waals surface area contributed by atoms with Gasteiger partial charge in [0.25, 0.3) is 0 Å². The van der Waals surface area contributed by atoms with E-state index in [1.807, 2.05) is 0 Å². The standard InChI is InChI=1S/C16H18F3NO/c17-16(18,19)13(9-10-5-2-1-3-6-10)20-15(21)14-11-7-4-8-12(11)14/h1-3,5-6,11-14H,4,7-9H2,(H,20,21)/t11-,12+,13-,14?/m0/s1. The molecular formula is C16H18F3NO. The molecule has 2 aliphatic carbocycles. The van der Waals surface area contributed by atoms with Gasteiger partial charge in [0.1, 0.15) is 6.04 Å². The van der Waals surface area contributed by atoms with Crippen LogP contribution in [0.1, 0.15) is 24.8 Å². The van der Waals surface area contributed by atoms with E-state index < -0.39 is 18.1 Å². The molecule has 0 aromatic heterocycles. The van der Waals surface area contributed by atoms with Gasteiger partial charge in [-0.2, -0.15) is 13.2 Å². The summed E-state index contributed by atoms with van der Waals surface area (Å²) >= 11 is 0. The van der Waals surface area contributed by atoms with E-state index >= 15 is 0 Å². The smallest absolute Gasteiger partial charge is 0.344 e. The predicted molar refractivity (Wildman–Crippen MR) is 72.5 cm³/mol. The van der Waals surface area contributed by atoms with E-state index in [4.69, 9.17) is 0 Å². The Morgan fingerprint density at radius 3 is 2.38 bits per heavy atom. The lowest BCUT2D eigenvalue weighted by atomic mass is 10.0. The summed E-state index contributed by atoms with van der Waals surface area (Å²) in [5.74, 6) is 0.0635. The summed E-state index contributed by atoms with van der Waals surface area (Å²) < 4.78 is 39.4. The third-order valence-corrected chi connectivity index (χ3v) is 4.70. The van der Waals surface area contributed by atoms with E-state index in [1.54, 1.807) is 30.3 Å². The normalized spacial score (nSPS) is 28.8. The van der Waals surface area contributed by atoms with Crippen LogP contribution in [0.15, 0.2) is 30.3 Å². The number of halogens is 3. The fourth-order valence-electron chi connectivity index (χ4n) is 3.58. The topological polar surface area (TPSA) is 29.1 Å².